The monoisotopic (exact) mass is 567 g/mol. The second-order valence-electron chi connectivity index (χ2n) is 12.3. The van der Waals surface area contributed by atoms with Crippen LogP contribution in [0.4, 0.5) is 5.69 Å². The molecule has 43 heavy (non-hydrogen) atoms. The summed E-state index contributed by atoms with van der Waals surface area (Å²) in [6.07, 6.45) is 6.36. The smallest absolute Gasteiger partial charge is 0.203 e. The van der Waals surface area contributed by atoms with E-state index in [1.54, 1.807) is 0 Å². The molecule has 2 heterocycles. The predicted molar refractivity (Wildman–Crippen MR) is 176 cm³/mol. The first-order valence-electron chi connectivity index (χ1n) is 14.5. The molecule has 0 spiro atoms. The largest absolute Gasteiger partial charge is 0.507 e. The molecule has 0 fully saturated rings. The molecule has 0 amide bonds. The zero-order valence-electron chi connectivity index (χ0n) is 25.4. The van der Waals surface area contributed by atoms with Gasteiger partial charge >= 0.3 is 0 Å². The second kappa shape index (κ2) is 9.77. The van der Waals surface area contributed by atoms with Gasteiger partial charge in [-0.15, -0.1) is 0 Å². The van der Waals surface area contributed by atoms with E-state index in [9.17, 15) is 5.11 Å². The van der Waals surface area contributed by atoms with Crippen molar-refractivity contribution in [3.8, 4) is 22.8 Å². The summed E-state index contributed by atoms with van der Waals surface area (Å²) in [5.41, 5.74) is 6.46. The van der Waals surface area contributed by atoms with Crippen LogP contribution in [0.2, 0.25) is 0 Å². The van der Waals surface area contributed by atoms with E-state index in [0.29, 0.717) is 5.76 Å². The number of fused-ring (bicyclic) bond motifs is 4. The first kappa shape index (κ1) is 26.8. The van der Waals surface area contributed by atoms with Crippen molar-refractivity contribution in [2.24, 2.45) is 5.41 Å². The molecule has 0 radical (unpaired) electrons. The average molecular weight is 568 g/mol. The molecule has 0 saturated heterocycles. The molecule has 3 aromatic carbocycles. The van der Waals surface area contributed by atoms with Crippen LogP contribution in [0.15, 0.2) is 100 Å². The van der Waals surface area contributed by atoms with Gasteiger partial charge in [0.15, 0.2) is 0 Å². The molecule has 5 heteroatoms. The Morgan fingerprint density at radius 2 is 1.67 bits per heavy atom. The fourth-order valence-corrected chi connectivity index (χ4v) is 6.05. The number of benzene rings is 4. The lowest BCUT2D eigenvalue weighted by Crippen LogP contribution is -2.34. The van der Waals surface area contributed by atoms with E-state index >= 15 is 0 Å². The van der Waals surface area contributed by atoms with Crippen molar-refractivity contribution in [3.63, 3.8) is 0 Å². The van der Waals surface area contributed by atoms with Crippen molar-refractivity contribution in [2.45, 2.75) is 13.8 Å². The summed E-state index contributed by atoms with van der Waals surface area (Å²) in [7, 11) is 8.10. The minimum Gasteiger partial charge on any atom is -0.507 e. The zero-order valence-corrected chi connectivity index (χ0v) is 25.4. The Bertz CT molecular complexity index is 2190. The lowest BCUT2D eigenvalue weighted by Gasteiger charge is -2.39. The average Bonchev–Trinajstić information content (AvgIpc) is 2.99. The molecular formula is C38H35N2O3+. The van der Waals surface area contributed by atoms with Crippen LogP contribution in [0.1, 0.15) is 25.0 Å². The number of hydrogen-bond donors (Lipinski definition) is 1. The van der Waals surface area contributed by atoms with Crippen LogP contribution in [0.25, 0.3) is 40.5 Å². The van der Waals surface area contributed by atoms with Gasteiger partial charge in [-0.2, -0.15) is 0 Å². The summed E-state index contributed by atoms with van der Waals surface area (Å²) in [5.74, 6) is 2.83. The Kier molecular flexibility index (Phi) is 6.10. The molecule has 0 unspecified atom stereocenters. The number of ether oxygens (including phenoxy) is 1. The first-order chi connectivity index (χ1) is 20.6. The normalized spacial score (nSPS) is 16.4. The van der Waals surface area contributed by atoms with E-state index in [1.807, 2.05) is 52.5 Å². The summed E-state index contributed by atoms with van der Waals surface area (Å²) in [6.45, 7) is 4.32. The van der Waals surface area contributed by atoms with Gasteiger partial charge in [0.05, 0.1) is 6.07 Å². The molecule has 3 aromatic rings. The van der Waals surface area contributed by atoms with Gasteiger partial charge in [-0.3, -0.25) is 0 Å². The quantitative estimate of drug-likeness (QED) is 0.202. The Labute approximate surface area is 251 Å². The number of aliphatic hydroxyl groups excluding tert-OH is 1. The van der Waals surface area contributed by atoms with Crippen molar-refractivity contribution in [1.29, 1.82) is 0 Å². The van der Waals surface area contributed by atoms with Crippen LogP contribution in [-0.2, 0) is 0 Å². The number of nitrogens with zero attached hydrogens (tertiary/aromatic N) is 2. The van der Waals surface area contributed by atoms with Gasteiger partial charge in [-0.25, -0.2) is 4.58 Å². The zero-order chi connectivity index (χ0) is 30.0. The van der Waals surface area contributed by atoms with Crippen LogP contribution >= 0.6 is 0 Å². The maximum Gasteiger partial charge on any atom is 0.203 e. The number of hydrogen-bond acceptors (Lipinski definition) is 4. The molecule has 4 aliphatic rings. The van der Waals surface area contributed by atoms with Gasteiger partial charge in [0.1, 0.15) is 42.7 Å². The summed E-state index contributed by atoms with van der Waals surface area (Å²) >= 11 is 0. The Hall–Kier alpha value is -5.03. The lowest BCUT2D eigenvalue weighted by atomic mass is 9.65. The first-order valence-corrected chi connectivity index (χ1v) is 14.5. The van der Waals surface area contributed by atoms with Crippen LogP contribution in [0.5, 0.6) is 11.5 Å². The highest BCUT2D eigenvalue weighted by molar-refractivity contribution is 5.92. The molecule has 5 nitrogen and oxygen atoms in total. The second-order valence-corrected chi connectivity index (χ2v) is 12.3. The van der Waals surface area contributed by atoms with E-state index in [2.05, 4.69) is 96.1 Å². The molecular weight excluding hydrogens is 532 g/mol. The highest BCUT2D eigenvalue weighted by Crippen LogP contribution is 2.51. The Morgan fingerprint density at radius 3 is 2.44 bits per heavy atom. The molecule has 2 aliphatic carbocycles. The summed E-state index contributed by atoms with van der Waals surface area (Å²) in [4.78, 5) is 2.07. The maximum absolute atomic E-state index is 11.4. The summed E-state index contributed by atoms with van der Waals surface area (Å²) < 4.78 is 14.7. The van der Waals surface area contributed by atoms with Gasteiger partial charge in [-0.05, 0) is 65.4 Å². The minimum absolute atomic E-state index is 0.320. The molecule has 0 bridgehead atoms. The Balaban J connectivity index is 1.32. The van der Waals surface area contributed by atoms with Gasteiger partial charge in [0.25, 0.3) is 0 Å². The van der Waals surface area contributed by atoms with E-state index in [4.69, 9.17) is 9.15 Å². The van der Waals surface area contributed by atoms with Gasteiger partial charge in [0.2, 0.25) is 5.36 Å². The fourth-order valence-electron chi connectivity index (χ4n) is 6.05. The van der Waals surface area contributed by atoms with E-state index in [-0.39, 0.29) is 5.41 Å². The topological polar surface area (TPSA) is 48.9 Å². The number of aliphatic hydroxyl groups is 1. The van der Waals surface area contributed by atoms with Crippen molar-refractivity contribution in [2.75, 3.05) is 33.1 Å². The number of rotatable bonds is 3. The fraction of sp³-hybridized carbons (Fsp3) is 0.184. The van der Waals surface area contributed by atoms with E-state index in [0.717, 1.165) is 77.5 Å². The number of allylic oxidation sites excluding steroid dienone is 2. The highest BCUT2D eigenvalue weighted by Gasteiger charge is 2.41. The van der Waals surface area contributed by atoms with Gasteiger partial charge in [0, 0.05) is 70.2 Å². The van der Waals surface area contributed by atoms with Crippen molar-refractivity contribution in [3.05, 3.63) is 123 Å². The molecule has 7 rings (SSSR count). The van der Waals surface area contributed by atoms with Crippen molar-refractivity contribution >= 4 is 34.9 Å². The summed E-state index contributed by atoms with van der Waals surface area (Å²) in [6, 6.07) is 26.8. The molecule has 2 aliphatic heterocycles. The molecule has 0 saturated carbocycles. The van der Waals surface area contributed by atoms with Crippen LogP contribution < -0.4 is 30.0 Å². The molecule has 0 atom stereocenters. The SMILES string of the molecule is CN(C)c1ccc2c(c1)Oc1ccc/c(=C\C3=C(O)C(=C\c4cccc5oc6cc(=[N+](C)C)ccc-6cc45)/C3(C)C)c1=C2. The van der Waals surface area contributed by atoms with E-state index < -0.39 is 0 Å². The van der Waals surface area contributed by atoms with Crippen LogP contribution in [-0.4, -0.2) is 33.3 Å². The van der Waals surface area contributed by atoms with Gasteiger partial charge < -0.3 is 19.2 Å². The summed E-state index contributed by atoms with van der Waals surface area (Å²) in [5, 5.41) is 15.5. The third-order valence-corrected chi connectivity index (χ3v) is 8.72. The van der Waals surface area contributed by atoms with E-state index in [1.165, 1.54) is 0 Å². The Morgan fingerprint density at radius 1 is 0.860 bits per heavy atom. The molecule has 1 N–H and O–H groups in total. The third-order valence-electron chi connectivity index (χ3n) is 8.72. The standard InChI is InChI=1S/C38H34N2O3/c1-38(2)31(19-23-9-7-11-33-29(23)17-25-13-15-27(39(3)4)21-35(25)42-33)37(41)32(38)20-24-10-8-12-34-30(24)18-26-14-16-28(40(5)6)22-36(26)43-34/h7-22H,1-6H3/p+1. The highest BCUT2D eigenvalue weighted by atomic mass is 16.5. The maximum atomic E-state index is 11.4. The van der Waals surface area contributed by atoms with Crippen LogP contribution in [0.3, 0.4) is 0 Å². The van der Waals surface area contributed by atoms with Crippen molar-refractivity contribution in [1.82, 2.24) is 4.58 Å². The third kappa shape index (κ3) is 4.43. The van der Waals surface area contributed by atoms with Gasteiger partial charge in [-0.1, -0.05) is 38.1 Å². The molecule has 0 aromatic heterocycles. The van der Waals surface area contributed by atoms with Crippen LogP contribution in [0, 0.1) is 5.41 Å². The molecule has 214 valence electrons. The minimum atomic E-state index is -0.350. The lowest BCUT2D eigenvalue weighted by molar-refractivity contribution is 0.334. The number of anilines is 1. The predicted octanol–water partition coefficient (Wildman–Crippen LogP) is 6.29. The van der Waals surface area contributed by atoms with Crippen molar-refractivity contribution < 1.29 is 14.3 Å².